The number of hydrogen-bond donors (Lipinski definition) is 0. The third kappa shape index (κ3) is 6.85. The summed E-state index contributed by atoms with van der Waals surface area (Å²) < 4.78 is 0. The summed E-state index contributed by atoms with van der Waals surface area (Å²) in [7, 11) is 0. The smallest absolute Gasteiger partial charge is 0.135 e. The third-order valence-electron chi connectivity index (χ3n) is 4.06. The molecular formula is C16H30O. The Hall–Kier alpha value is -0.330. The van der Waals surface area contributed by atoms with Crippen molar-refractivity contribution in [1.82, 2.24) is 0 Å². The maximum Gasteiger partial charge on any atom is 0.135 e. The molecule has 0 heterocycles. The average molecular weight is 238 g/mol. The molecule has 1 rings (SSSR count). The SMILES string of the molecule is CCCC(=O)C1CCCCCCCCCCC1. The van der Waals surface area contributed by atoms with Gasteiger partial charge < -0.3 is 0 Å². The van der Waals surface area contributed by atoms with Gasteiger partial charge in [-0.05, 0) is 19.3 Å². The molecule has 0 unspecified atom stereocenters. The second kappa shape index (κ2) is 9.67. The van der Waals surface area contributed by atoms with Crippen molar-refractivity contribution in [2.45, 2.75) is 90.4 Å². The Bertz CT molecular complexity index is 186. The molecule has 0 atom stereocenters. The van der Waals surface area contributed by atoms with Crippen molar-refractivity contribution >= 4 is 5.78 Å². The summed E-state index contributed by atoms with van der Waals surface area (Å²) in [5, 5.41) is 0. The molecule has 1 nitrogen and oxygen atoms in total. The molecule has 0 aromatic carbocycles. The fraction of sp³-hybridized carbons (Fsp3) is 0.938. The van der Waals surface area contributed by atoms with Crippen molar-refractivity contribution in [3.8, 4) is 0 Å². The maximum atomic E-state index is 12.0. The predicted molar refractivity (Wildman–Crippen MR) is 74.2 cm³/mol. The molecule has 0 saturated heterocycles. The van der Waals surface area contributed by atoms with Crippen LogP contribution in [0.4, 0.5) is 0 Å². The van der Waals surface area contributed by atoms with Crippen molar-refractivity contribution in [1.29, 1.82) is 0 Å². The number of ketones is 1. The van der Waals surface area contributed by atoms with Gasteiger partial charge in [0.15, 0.2) is 0 Å². The summed E-state index contributed by atoms with van der Waals surface area (Å²) in [5.74, 6) is 0.943. The Labute approximate surface area is 107 Å². The fourth-order valence-electron chi connectivity index (χ4n) is 2.94. The van der Waals surface area contributed by atoms with Crippen LogP contribution < -0.4 is 0 Å². The first kappa shape index (κ1) is 14.7. The number of carbonyl (C=O) groups is 1. The van der Waals surface area contributed by atoms with E-state index in [4.69, 9.17) is 0 Å². The second-order valence-electron chi connectivity index (χ2n) is 5.67. The molecule has 0 aromatic heterocycles. The van der Waals surface area contributed by atoms with Gasteiger partial charge in [-0.25, -0.2) is 0 Å². The first-order valence-electron chi connectivity index (χ1n) is 7.87. The van der Waals surface area contributed by atoms with E-state index in [0.29, 0.717) is 11.7 Å². The molecule has 1 fully saturated rings. The summed E-state index contributed by atoms with van der Waals surface area (Å²) >= 11 is 0. The first-order chi connectivity index (χ1) is 8.34. The van der Waals surface area contributed by atoms with Crippen LogP contribution in [0.2, 0.25) is 0 Å². The van der Waals surface area contributed by atoms with E-state index in [0.717, 1.165) is 12.8 Å². The predicted octanol–water partition coefficient (Wildman–Crippen LogP) is 5.28. The van der Waals surface area contributed by atoms with Gasteiger partial charge in [0.05, 0.1) is 0 Å². The molecule has 17 heavy (non-hydrogen) atoms. The van der Waals surface area contributed by atoms with E-state index in [2.05, 4.69) is 6.92 Å². The summed E-state index contributed by atoms with van der Waals surface area (Å²) in [6.07, 6.45) is 16.4. The second-order valence-corrected chi connectivity index (χ2v) is 5.67. The van der Waals surface area contributed by atoms with Crippen molar-refractivity contribution < 1.29 is 4.79 Å². The quantitative estimate of drug-likeness (QED) is 0.654. The van der Waals surface area contributed by atoms with Gasteiger partial charge in [-0.15, -0.1) is 0 Å². The van der Waals surface area contributed by atoms with E-state index in [1.165, 1.54) is 70.6 Å². The minimum atomic E-state index is 0.398. The highest BCUT2D eigenvalue weighted by molar-refractivity contribution is 5.80. The molecule has 0 amide bonds. The molecule has 0 spiro atoms. The lowest BCUT2D eigenvalue weighted by Gasteiger charge is -2.16. The van der Waals surface area contributed by atoms with E-state index in [1.54, 1.807) is 0 Å². The third-order valence-corrected chi connectivity index (χ3v) is 4.06. The molecule has 100 valence electrons. The minimum Gasteiger partial charge on any atom is -0.299 e. The maximum absolute atomic E-state index is 12.0. The van der Waals surface area contributed by atoms with Gasteiger partial charge >= 0.3 is 0 Å². The lowest BCUT2D eigenvalue weighted by Crippen LogP contribution is -2.14. The van der Waals surface area contributed by atoms with Crippen LogP contribution in [-0.4, -0.2) is 5.78 Å². The Morgan fingerprint density at radius 1 is 0.824 bits per heavy atom. The largest absolute Gasteiger partial charge is 0.299 e. The minimum absolute atomic E-state index is 0.398. The normalized spacial score (nSPS) is 21.5. The van der Waals surface area contributed by atoms with Crippen LogP contribution in [-0.2, 0) is 4.79 Å². The molecule has 1 aliphatic rings. The van der Waals surface area contributed by atoms with Crippen molar-refractivity contribution in [2.75, 3.05) is 0 Å². The van der Waals surface area contributed by atoms with Gasteiger partial charge in [0, 0.05) is 12.3 Å². The van der Waals surface area contributed by atoms with Gasteiger partial charge in [0.25, 0.3) is 0 Å². The van der Waals surface area contributed by atoms with Gasteiger partial charge in [-0.2, -0.15) is 0 Å². The van der Waals surface area contributed by atoms with E-state index in [-0.39, 0.29) is 0 Å². The highest BCUT2D eigenvalue weighted by atomic mass is 16.1. The number of rotatable bonds is 3. The van der Waals surface area contributed by atoms with E-state index >= 15 is 0 Å². The summed E-state index contributed by atoms with van der Waals surface area (Å²) in [6, 6.07) is 0. The summed E-state index contributed by atoms with van der Waals surface area (Å²) in [6.45, 7) is 2.12. The lowest BCUT2D eigenvalue weighted by molar-refractivity contribution is -0.123. The molecule has 0 N–H and O–H groups in total. The van der Waals surface area contributed by atoms with Gasteiger partial charge in [-0.3, -0.25) is 4.79 Å². The van der Waals surface area contributed by atoms with Gasteiger partial charge in [-0.1, -0.05) is 64.7 Å². The topological polar surface area (TPSA) is 17.1 Å². The molecule has 0 radical (unpaired) electrons. The molecular weight excluding hydrogens is 208 g/mol. The number of Topliss-reactive ketones (excluding diaryl/α,β-unsaturated/α-hetero) is 1. The highest BCUT2D eigenvalue weighted by Crippen LogP contribution is 2.22. The van der Waals surface area contributed by atoms with Crippen LogP contribution in [0.5, 0.6) is 0 Å². The van der Waals surface area contributed by atoms with E-state index in [9.17, 15) is 4.79 Å². The zero-order valence-corrected chi connectivity index (χ0v) is 11.7. The molecule has 0 aliphatic heterocycles. The Balaban J connectivity index is 2.34. The molecule has 1 aliphatic carbocycles. The molecule has 1 heteroatoms. The van der Waals surface area contributed by atoms with Crippen LogP contribution in [0, 0.1) is 5.92 Å². The van der Waals surface area contributed by atoms with Crippen LogP contribution in [0.15, 0.2) is 0 Å². The van der Waals surface area contributed by atoms with Gasteiger partial charge in [0.2, 0.25) is 0 Å². The van der Waals surface area contributed by atoms with Gasteiger partial charge in [0.1, 0.15) is 5.78 Å². The van der Waals surface area contributed by atoms with Crippen LogP contribution in [0.3, 0.4) is 0 Å². The highest BCUT2D eigenvalue weighted by Gasteiger charge is 2.16. The molecule has 1 saturated carbocycles. The van der Waals surface area contributed by atoms with Crippen LogP contribution in [0.25, 0.3) is 0 Å². The standard InChI is InChI=1S/C16H30O/c1-2-12-16(17)15-13-10-8-6-4-3-5-7-9-11-14-15/h15H,2-14H2,1H3. The van der Waals surface area contributed by atoms with Crippen LogP contribution in [0.1, 0.15) is 90.4 Å². The fourth-order valence-corrected chi connectivity index (χ4v) is 2.94. The summed E-state index contributed by atoms with van der Waals surface area (Å²) in [5.41, 5.74) is 0. The Morgan fingerprint density at radius 2 is 1.24 bits per heavy atom. The molecule has 0 aromatic rings. The van der Waals surface area contributed by atoms with E-state index < -0.39 is 0 Å². The van der Waals surface area contributed by atoms with Crippen molar-refractivity contribution in [3.63, 3.8) is 0 Å². The average Bonchev–Trinajstić information content (AvgIpc) is 2.30. The zero-order chi connectivity index (χ0) is 12.3. The van der Waals surface area contributed by atoms with Crippen LogP contribution >= 0.6 is 0 Å². The number of carbonyl (C=O) groups excluding carboxylic acids is 1. The monoisotopic (exact) mass is 238 g/mol. The lowest BCUT2D eigenvalue weighted by atomic mass is 9.88. The molecule has 0 bridgehead atoms. The van der Waals surface area contributed by atoms with Crippen molar-refractivity contribution in [3.05, 3.63) is 0 Å². The first-order valence-corrected chi connectivity index (χ1v) is 7.87. The Kier molecular flexibility index (Phi) is 8.38. The number of hydrogen-bond acceptors (Lipinski definition) is 1. The van der Waals surface area contributed by atoms with Crippen molar-refractivity contribution in [2.24, 2.45) is 5.92 Å². The Morgan fingerprint density at radius 3 is 1.65 bits per heavy atom. The summed E-state index contributed by atoms with van der Waals surface area (Å²) in [4.78, 5) is 12.0. The zero-order valence-electron chi connectivity index (χ0n) is 11.7. The van der Waals surface area contributed by atoms with E-state index in [1.807, 2.05) is 0 Å².